The molecule has 0 amide bonds. The van der Waals surface area contributed by atoms with Crippen molar-refractivity contribution < 1.29 is 0 Å². The van der Waals surface area contributed by atoms with Crippen molar-refractivity contribution in [2.24, 2.45) is 0 Å². The Bertz CT molecular complexity index is 740. The van der Waals surface area contributed by atoms with Crippen LogP contribution in [0.4, 0.5) is 11.6 Å². The summed E-state index contributed by atoms with van der Waals surface area (Å²) in [5.74, 6) is 2.05. The molecule has 2 saturated heterocycles. The smallest absolute Gasteiger partial charge is 0.180 e. The van der Waals surface area contributed by atoms with Crippen LogP contribution in [0.1, 0.15) is 25.7 Å². The fraction of sp³-hybridized carbons (Fsp3) is 0.667. The first-order valence-electron chi connectivity index (χ1n) is 10.5. The molecule has 0 spiro atoms. The van der Waals surface area contributed by atoms with Gasteiger partial charge in [-0.15, -0.1) is 0 Å². The van der Waals surface area contributed by atoms with E-state index in [1.165, 1.54) is 25.7 Å². The van der Waals surface area contributed by atoms with Gasteiger partial charge in [0.1, 0.15) is 5.52 Å². The summed E-state index contributed by atoms with van der Waals surface area (Å²) in [6, 6.07) is 5.08. The van der Waals surface area contributed by atoms with E-state index < -0.39 is 0 Å². The number of pyridine rings is 1. The molecule has 2 aliphatic heterocycles. The molecule has 2 aliphatic rings. The average molecular weight is 384 g/mol. The Kier molecular flexibility index (Phi) is 5.64. The molecule has 2 unspecified atom stereocenters. The van der Waals surface area contributed by atoms with Crippen LogP contribution in [-0.4, -0.2) is 91.2 Å². The number of likely N-dealkylation sites (N-methyl/N-ethyl adjacent to an activating group) is 2. The highest BCUT2D eigenvalue weighted by Crippen LogP contribution is 2.32. The second-order valence-electron chi connectivity index (χ2n) is 8.63. The SMILES string of the molecule is CN(C)C1CCCN(c2nc3cccnc3nc2N2CCCC(N(C)C)C2)C1. The summed E-state index contributed by atoms with van der Waals surface area (Å²) in [5.41, 5.74) is 1.63. The van der Waals surface area contributed by atoms with Crippen molar-refractivity contribution in [3.8, 4) is 0 Å². The summed E-state index contributed by atoms with van der Waals surface area (Å²) in [6.45, 7) is 4.08. The third kappa shape index (κ3) is 3.91. The van der Waals surface area contributed by atoms with Crippen LogP contribution in [0.5, 0.6) is 0 Å². The summed E-state index contributed by atoms with van der Waals surface area (Å²) in [7, 11) is 8.71. The monoisotopic (exact) mass is 383 g/mol. The van der Waals surface area contributed by atoms with Crippen molar-refractivity contribution in [2.45, 2.75) is 37.8 Å². The predicted octanol–water partition coefficient (Wildman–Crippen LogP) is 2.09. The minimum absolute atomic E-state index is 0.554. The number of fused-ring (bicyclic) bond motifs is 1. The topological polar surface area (TPSA) is 51.6 Å². The van der Waals surface area contributed by atoms with Crippen molar-refractivity contribution in [1.82, 2.24) is 24.8 Å². The normalized spacial score (nSPS) is 23.8. The number of aromatic nitrogens is 3. The van der Waals surface area contributed by atoms with Crippen LogP contribution in [0.2, 0.25) is 0 Å². The number of rotatable bonds is 4. The van der Waals surface area contributed by atoms with E-state index in [4.69, 9.17) is 9.97 Å². The second-order valence-corrected chi connectivity index (χ2v) is 8.63. The van der Waals surface area contributed by atoms with Crippen LogP contribution >= 0.6 is 0 Å². The van der Waals surface area contributed by atoms with E-state index in [1.807, 2.05) is 18.3 Å². The maximum absolute atomic E-state index is 5.06. The zero-order valence-electron chi connectivity index (χ0n) is 17.7. The van der Waals surface area contributed by atoms with Crippen LogP contribution < -0.4 is 9.80 Å². The number of piperidine rings is 2. The van der Waals surface area contributed by atoms with Gasteiger partial charge in [-0.05, 0) is 66.0 Å². The first-order chi connectivity index (χ1) is 13.5. The highest BCUT2D eigenvalue weighted by atomic mass is 15.3. The van der Waals surface area contributed by atoms with Crippen molar-refractivity contribution in [3.63, 3.8) is 0 Å². The maximum Gasteiger partial charge on any atom is 0.180 e. The lowest BCUT2D eigenvalue weighted by atomic mass is 10.0. The molecule has 0 radical (unpaired) electrons. The molecule has 2 aromatic heterocycles. The van der Waals surface area contributed by atoms with Gasteiger partial charge in [0.05, 0.1) is 0 Å². The molecule has 7 nitrogen and oxygen atoms in total. The van der Waals surface area contributed by atoms with Gasteiger partial charge in [0, 0.05) is 44.5 Å². The van der Waals surface area contributed by atoms with Gasteiger partial charge in [-0.2, -0.15) is 0 Å². The molecule has 28 heavy (non-hydrogen) atoms. The fourth-order valence-electron chi connectivity index (χ4n) is 4.44. The molecule has 2 aromatic rings. The van der Waals surface area contributed by atoms with Crippen molar-refractivity contribution in [1.29, 1.82) is 0 Å². The van der Waals surface area contributed by atoms with E-state index >= 15 is 0 Å². The minimum Gasteiger partial charge on any atom is -0.352 e. The molecule has 2 fully saturated rings. The highest BCUT2D eigenvalue weighted by Gasteiger charge is 2.29. The second kappa shape index (κ2) is 8.17. The molecule has 0 bridgehead atoms. The Hall–Kier alpha value is -1.99. The molecule has 0 aromatic carbocycles. The number of nitrogens with zero attached hydrogens (tertiary/aromatic N) is 7. The van der Waals surface area contributed by atoms with Gasteiger partial charge >= 0.3 is 0 Å². The van der Waals surface area contributed by atoms with Crippen molar-refractivity contribution in [2.75, 3.05) is 64.2 Å². The first-order valence-corrected chi connectivity index (χ1v) is 10.5. The Morgan fingerprint density at radius 3 is 2.00 bits per heavy atom. The van der Waals surface area contributed by atoms with Gasteiger partial charge in [-0.1, -0.05) is 0 Å². The Morgan fingerprint density at radius 1 is 0.857 bits per heavy atom. The van der Waals surface area contributed by atoms with Crippen molar-refractivity contribution >= 4 is 22.8 Å². The summed E-state index contributed by atoms with van der Waals surface area (Å²) in [5, 5.41) is 0. The van der Waals surface area contributed by atoms with Gasteiger partial charge < -0.3 is 19.6 Å². The minimum atomic E-state index is 0.554. The molecule has 4 heterocycles. The third-order valence-electron chi connectivity index (χ3n) is 6.26. The van der Waals surface area contributed by atoms with Crippen LogP contribution in [0, 0.1) is 0 Å². The van der Waals surface area contributed by atoms with Gasteiger partial charge in [0.2, 0.25) is 0 Å². The molecule has 152 valence electrons. The largest absolute Gasteiger partial charge is 0.352 e. The summed E-state index contributed by atoms with van der Waals surface area (Å²) in [4.78, 5) is 24.1. The van der Waals surface area contributed by atoms with Crippen LogP contribution in [-0.2, 0) is 0 Å². The maximum atomic E-state index is 5.06. The van der Waals surface area contributed by atoms with E-state index in [0.717, 1.165) is 49.0 Å². The Morgan fingerprint density at radius 2 is 1.43 bits per heavy atom. The predicted molar refractivity (Wildman–Crippen MR) is 115 cm³/mol. The van der Waals surface area contributed by atoms with Crippen LogP contribution in [0.15, 0.2) is 18.3 Å². The summed E-state index contributed by atoms with van der Waals surface area (Å²) >= 11 is 0. The quantitative estimate of drug-likeness (QED) is 0.801. The molecule has 0 saturated carbocycles. The molecule has 0 aliphatic carbocycles. The molecule has 4 rings (SSSR count). The summed E-state index contributed by atoms with van der Waals surface area (Å²) < 4.78 is 0. The van der Waals surface area contributed by atoms with Gasteiger partial charge in [-0.3, -0.25) is 0 Å². The molecule has 7 heteroatoms. The average Bonchev–Trinajstić information content (AvgIpc) is 2.73. The van der Waals surface area contributed by atoms with Crippen molar-refractivity contribution in [3.05, 3.63) is 18.3 Å². The third-order valence-corrected chi connectivity index (χ3v) is 6.26. The zero-order valence-corrected chi connectivity index (χ0v) is 17.7. The number of hydrogen-bond acceptors (Lipinski definition) is 7. The lowest BCUT2D eigenvalue weighted by Crippen LogP contribution is -2.48. The molecular weight excluding hydrogens is 350 g/mol. The Labute approximate surface area is 168 Å². The lowest BCUT2D eigenvalue weighted by molar-refractivity contribution is 0.255. The molecule has 0 N–H and O–H groups in total. The van der Waals surface area contributed by atoms with Gasteiger partial charge in [-0.25, -0.2) is 15.0 Å². The number of anilines is 2. The highest BCUT2D eigenvalue weighted by molar-refractivity contribution is 5.78. The zero-order chi connectivity index (χ0) is 19.7. The van der Waals surface area contributed by atoms with Crippen LogP contribution in [0.3, 0.4) is 0 Å². The summed E-state index contributed by atoms with van der Waals surface area (Å²) in [6.07, 6.45) is 6.67. The van der Waals surface area contributed by atoms with E-state index in [0.29, 0.717) is 12.1 Å². The number of hydrogen-bond donors (Lipinski definition) is 0. The Balaban J connectivity index is 1.72. The lowest BCUT2D eigenvalue weighted by Gasteiger charge is -2.40. The van der Waals surface area contributed by atoms with E-state index in [2.05, 4.69) is 52.8 Å². The van der Waals surface area contributed by atoms with E-state index in [-0.39, 0.29) is 0 Å². The standard InChI is InChI=1S/C21H33N7/c1-25(2)16-8-6-12-27(14-16)20-21(24-19-18(23-20)10-5-11-22-19)28-13-7-9-17(15-28)26(3)4/h5,10-11,16-17H,6-9,12-15H2,1-4H3. The molecular formula is C21H33N7. The van der Waals surface area contributed by atoms with Gasteiger partial charge in [0.15, 0.2) is 17.3 Å². The van der Waals surface area contributed by atoms with Crippen LogP contribution in [0.25, 0.3) is 11.2 Å². The van der Waals surface area contributed by atoms with Gasteiger partial charge in [0.25, 0.3) is 0 Å². The van der Waals surface area contributed by atoms with E-state index in [1.54, 1.807) is 0 Å². The fourth-order valence-corrected chi connectivity index (χ4v) is 4.44. The first kappa shape index (κ1) is 19.3. The molecule has 2 atom stereocenters. The van der Waals surface area contributed by atoms with E-state index in [9.17, 15) is 0 Å².